The van der Waals surface area contributed by atoms with Gasteiger partial charge in [-0.2, -0.15) is 0 Å². The lowest BCUT2D eigenvalue weighted by atomic mass is 10.2. The van der Waals surface area contributed by atoms with Crippen molar-refractivity contribution in [2.75, 3.05) is 71.9 Å². The summed E-state index contributed by atoms with van der Waals surface area (Å²) >= 11 is 0. The third-order valence-electron chi connectivity index (χ3n) is 5.16. The minimum Gasteiger partial charge on any atom is -0.497 e. The number of piperazine rings is 1. The average Bonchev–Trinajstić information content (AvgIpc) is 2.72. The van der Waals surface area contributed by atoms with Gasteiger partial charge in [-0.15, -0.1) is 0 Å². The molecule has 0 spiro atoms. The molecule has 0 unspecified atom stereocenters. The van der Waals surface area contributed by atoms with Gasteiger partial charge in [-0.3, -0.25) is 9.89 Å². The first-order valence-corrected chi connectivity index (χ1v) is 10.2. The van der Waals surface area contributed by atoms with Gasteiger partial charge in [0.05, 0.1) is 7.11 Å². The van der Waals surface area contributed by atoms with Crippen LogP contribution in [0.1, 0.15) is 26.2 Å². The minimum absolute atomic E-state index is 0.917. The molecule has 0 aliphatic carbocycles. The zero-order valence-electron chi connectivity index (χ0n) is 17.6. The standard InChI is InChI=1S/C21H37N5O/c1-5-6-13-24(3)21(22-2)23-12-7-14-25-15-17-26(18-16-25)19-8-10-20(27-4)11-9-19/h8-11H,5-7,12-18H2,1-4H3,(H,22,23). The first kappa shape index (κ1) is 21.4. The van der Waals surface area contributed by atoms with Crippen LogP contribution >= 0.6 is 0 Å². The Bertz CT molecular complexity index is 552. The van der Waals surface area contributed by atoms with Crippen LogP contribution in [0, 0.1) is 0 Å². The van der Waals surface area contributed by atoms with Crippen molar-refractivity contribution in [1.29, 1.82) is 0 Å². The predicted octanol–water partition coefficient (Wildman–Crippen LogP) is 2.51. The molecule has 6 nitrogen and oxygen atoms in total. The summed E-state index contributed by atoms with van der Waals surface area (Å²) in [7, 11) is 5.69. The van der Waals surface area contributed by atoms with Gasteiger partial charge in [0.25, 0.3) is 0 Å². The molecule has 1 aliphatic rings. The molecule has 0 bridgehead atoms. The molecule has 1 fully saturated rings. The number of guanidine groups is 1. The molecule has 1 heterocycles. The molecule has 0 saturated carbocycles. The smallest absolute Gasteiger partial charge is 0.193 e. The van der Waals surface area contributed by atoms with E-state index in [2.05, 4.69) is 51.1 Å². The lowest BCUT2D eigenvalue weighted by Gasteiger charge is -2.36. The summed E-state index contributed by atoms with van der Waals surface area (Å²) in [6.07, 6.45) is 3.56. The van der Waals surface area contributed by atoms with E-state index < -0.39 is 0 Å². The second-order valence-corrected chi connectivity index (χ2v) is 7.13. The van der Waals surface area contributed by atoms with Crippen molar-refractivity contribution in [3.8, 4) is 5.75 Å². The summed E-state index contributed by atoms with van der Waals surface area (Å²) in [5, 5.41) is 3.49. The fourth-order valence-corrected chi connectivity index (χ4v) is 3.41. The van der Waals surface area contributed by atoms with Gasteiger partial charge in [-0.1, -0.05) is 13.3 Å². The van der Waals surface area contributed by atoms with Gasteiger partial charge < -0.3 is 19.9 Å². The Morgan fingerprint density at radius 3 is 2.44 bits per heavy atom. The van der Waals surface area contributed by atoms with E-state index in [9.17, 15) is 0 Å². The van der Waals surface area contributed by atoms with Gasteiger partial charge in [-0.25, -0.2) is 0 Å². The van der Waals surface area contributed by atoms with Crippen LogP contribution in [0.15, 0.2) is 29.3 Å². The number of aliphatic imine (C=N–C) groups is 1. The van der Waals surface area contributed by atoms with E-state index in [1.54, 1.807) is 7.11 Å². The van der Waals surface area contributed by atoms with Crippen LogP contribution in [-0.4, -0.2) is 82.8 Å². The monoisotopic (exact) mass is 375 g/mol. The van der Waals surface area contributed by atoms with E-state index in [-0.39, 0.29) is 0 Å². The Morgan fingerprint density at radius 2 is 1.85 bits per heavy atom. The molecule has 152 valence electrons. The molecule has 0 radical (unpaired) electrons. The quantitative estimate of drug-likeness (QED) is 0.408. The van der Waals surface area contributed by atoms with Gasteiger partial charge in [0, 0.05) is 59.1 Å². The Kier molecular flexibility index (Phi) is 9.25. The van der Waals surface area contributed by atoms with Crippen molar-refractivity contribution >= 4 is 11.6 Å². The van der Waals surface area contributed by atoms with E-state index in [0.29, 0.717) is 0 Å². The highest BCUT2D eigenvalue weighted by atomic mass is 16.5. The van der Waals surface area contributed by atoms with Gasteiger partial charge in [0.15, 0.2) is 5.96 Å². The summed E-state index contributed by atoms with van der Waals surface area (Å²) in [5.41, 5.74) is 1.29. The highest BCUT2D eigenvalue weighted by molar-refractivity contribution is 5.79. The van der Waals surface area contributed by atoms with E-state index in [0.717, 1.165) is 63.9 Å². The van der Waals surface area contributed by atoms with Crippen molar-refractivity contribution in [2.45, 2.75) is 26.2 Å². The Hall–Kier alpha value is -1.95. The summed E-state index contributed by atoms with van der Waals surface area (Å²) in [6.45, 7) is 9.81. The maximum atomic E-state index is 5.24. The molecule has 1 aromatic carbocycles. The second kappa shape index (κ2) is 11.7. The SMILES string of the molecule is CCCCN(C)C(=NC)NCCCN1CCN(c2ccc(OC)cc2)CC1. The second-order valence-electron chi connectivity index (χ2n) is 7.13. The molecule has 0 amide bonds. The van der Waals surface area contributed by atoms with Gasteiger partial charge in [0.2, 0.25) is 0 Å². The first-order valence-electron chi connectivity index (χ1n) is 10.2. The number of anilines is 1. The summed E-state index contributed by atoms with van der Waals surface area (Å²) < 4.78 is 5.24. The largest absolute Gasteiger partial charge is 0.497 e. The Morgan fingerprint density at radius 1 is 1.15 bits per heavy atom. The summed E-state index contributed by atoms with van der Waals surface area (Å²) in [4.78, 5) is 11.6. The summed E-state index contributed by atoms with van der Waals surface area (Å²) in [5.74, 6) is 1.92. The maximum Gasteiger partial charge on any atom is 0.193 e. The normalized spacial score (nSPS) is 15.7. The van der Waals surface area contributed by atoms with E-state index in [1.165, 1.54) is 18.5 Å². The van der Waals surface area contributed by atoms with E-state index >= 15 is 0 Å². The molecule has 0 aromatic heterocycles. The lowest BCUT2D eigenvalue weighted by molar-refractivity contribution is 0.255. The van der Waals surface area contributed by atoms with Gasteiger partial charge in [0.1, 0.15) is 5.75 Å². The number of hydrogen-bond acceptors (Lipinski definition) is 4. The number of nitrogens with one attached hydrogen (secondary N) is 1. The van der Waals surface area contributed by atoms with Crippen molar-refractivity contribution < 1.29 is 4.74 Å². The molecule has 6 heteroatoms. The minimum atomic E-state index is 0.917. The van der Waals surface area contributed by atoms with Gasteiger partial charge in [-0.05, 0) is 43.7 Å². The molecule has 27 heavy (non-hydrogen) atoms. The number of nitrogens with zero attached hydrogens (tertiary/aromatic N) is 4. The Balaban J connectivity index is 1.64. The molecular weight excluding hydrogens is 338 g/mol. The van der Waals surface area contributed by atoms with Crippen LogP contribution < -0.4 is 15.0 Å². The van der Waals surface area contributed by atoms with Crippen LogP contribution in [0.4, 0.5) is 5.69 Å². The van der Waals surface area contributed by atoms with Crippen molar-refractivity contribution in [3.05, 3.63) is 24.3 Å². The van der Waals surface area contributed by atoms with Crippen molar-refractivity contribution in [1.82, 2.24) is 15.1 Å². The maximum absolute atomic E-state index is 5.24. The van der Waals surface area contributed by atoms with E-state index in [1.807, 2.05) is 19.2 Å². The summed E-state index contributed by atoms with van der Waals surface area (Å²) in [6, 6.07) is 8.38. The topological polar surface area (TPSA) is 43.3 Å². The number of unbranched alkanes of at least 4 members (excludes halogenated alkanes) is 1. The third-order valence-corrected chi connectivity index (χ3v) is 5.16. The predicted molar refractivity (Wildman–Crippen MR) is 115 cm³/mol. The van der Waals surface area contributed by atoms with Crippen molar-refractivity contribution in [2.24, 2.45) is 4.99 Å². The zero-order valence-corrected chi connectivity index (χ0v) is 17.6. The highest BCUT2D eigenvalue weighted by Crippen LogP contribution is 2.20. The molecule has 1 N–H and O–H groups in total. The van der Waals surface area contributed by atoms with E-state index in [4.69, 9.17) is 4.74 Å². The van der Waals surface area contributed by atoms with Gasteiger partial charge >= 0.3 is 0 Å². The van der Waals surface area contributed by atoms with Crippen LogP contribution in [0.25, 0.3) is 0 Å². The number of rotatable bonds is 9. The molecule has 0 atom stereocenters. The molecular formula is C21H37N5O. The molecule has 1 aliphatic heterocycles. The highest BCUT2D eigenvalue weighted by Gasteiger charge is 2.16. The van der Waals surface area contributed by atoms with Crippen LogP contribution in [-0.2, 0) is 0 Å². The fraction of sp³-hybridized carbons (Fsp3) is 0.667. The van der Waals surface area contributed by atoms with Crippen LogP contribution in [0.3, 0.4) is 0 Å². The molecule has 1 saturated heterocycles. The van der Waals surface area contributed by atoms with Crippen LogP contribution in [0.2, 0.25) is 0 Å². The van der Waals surface area contributed by atoms with Crippen LogP contribution in [0.5, 0.6) is 5.75 Å². The molecule has 2 rings (SSSR count). The third kappa shape index (κ3) is 6.94. The number of methoxy groups -OCH3 is 1. The number of benzene rings is 1. The first-order chi connectivity index (χ1) is 13.2. The average molecular weight is 376 g/mol. The Labute approximate surface area is 165 Å². The number of hydrogen-bond donors (Lipinski definition) is 1. The zero-order chi connectivity index (χ0) is 19.5. The lowest BCUT2D eigenvalue weighted by Crippen LogP contribution is -2.47. The fourth-order valence-electron chi connectivity index (χ4n) is 3.41. The number of ether oxygens (including phenoxy) is 1. The van der Waals surface area contributed by atoms with Crippen molar-refractivity contribution in [3.63, 3.8) is 0 Å². The molecule has 1 aromatic rings.